The van der Waals surface area contributed by atoms with Crippen molar-refractivity contribution < 1.29 is 9.53 Å². The van der Waals surface area contributed by atoms with E-state index in [4.69, 9.17) is 17.0 Å². The standard InChI is InChI=1S/C17H20N4O2S2/c22-12(9-21-15(19-20-16(21)24)11-3-1-8-25-11)18-13-10-4-7-23-14(10)17(13)5-2-6-17/h1,3,8,10,13-14H,2,4-7,9H2,(H,18,22)(H,20,24)/t10-,13+,14+/m0/s1. The smallest absolute Gasteiger partial charge is 0.240 e. The van der Waals surface area contributed by atoms with Crippen molar-refractivity contribution in [3.05, 3.63) is 22.3 Å². The van der Waals surface area contributed by atoms with Crippen LogP contribution in [0.25, 0.3) is 10.7 Å². The summed E-state index contributed by atoms with van der Waals surface area (Å²) in [6, 6.07) is 4.21. The lowest BCUT2D eigenvalue weighted by molar-refractivity contribution is -0.179. The fraction of sp³-hybridized carbons (Fsp3) is 0.588. The molecule has 2 aromatic rings. The highest BCUT2D eigenvalue weighted by atomic mass is 32.1. The monoisotopic (exact) mass is 376 g/mol. The number of nitrogens with one attached hydrogen (secondary N) is 2. The molecule has 2 saturated carbocycles. The maximum atomic E-state index is 12.7. The van der Waals surface area contributed by atoms with Crippen molar-refractivity contribution in [3.63, 3.8) is 0 Å². The van der Waals surface area contributed by atoms with E-state index in [1.807, 2.05) is 17.5 Å². The lowest BCUT2D eigenvalue weighted by Gasteiger charge is -2.63. The molecule has 3 fully saturated rings. The Labute approximate surface area is 154 Å². The van der Waals surface area contributed by atoms with Gasteiger partial charge in [0, 0.05) is 24.0 Å². The Bertz CT molecular complexity index is 852. The molecule has 132 valence electrons. The third-order valence-corrected chi connectivity index (χ3v) is 7.33. The average molecular weight is 377 g/mol. The van der Waals surface area contributed by atoms with E-state index in [1.165, 1.54) is 19.3 Å². The fourth-order valence-electron chi connectivity index (χ4n) is 4.88. The number of aromatic nitrogens is 3. The molecule has 1 spiro atoms. The van der Waals surface area contributed by atoms with Crippen LogP contribution < -0.4 is 5.32 Å². The first-order chi connectivity index (χ1) is 12.2. The molecule has 25 heavy (non-hydrogen) atoms. The highest BCUT2D eigenvalue weighted by Gasteiger charge is 2.66. The quantitative estimate of drug-likeness (QED) is 0.805. The number of fused-ring (bicyclic) bond motifs is 2. The Morgan fingerprint density at radius 1 is 1.56 bits per heavy atom. The van der Waals surface area contributed by atoms with Crippen LogP contribution in [0.3, 0.4) is 0 Å². The van der Waals surface area contributed by atoms with Crippen molar-refractivity contribution >= 4 is 29.5 Å². The highest BCUT2D eigenvalue weighted by molar-refractivity contribution is 7.71. The van der Waals surface area contributed by atoms with Crippen molar-refractivity contribution in [2.75, 3.05) is 6.61 Å². The summed E-state index contributed by atoms with van der Waals surface area (Å²) in [5, 5.41) is 12.4. The highest BCUT2D eigenvalue weighted by Crippen LogP contribution is 2.62. The molecule has 2 aliphatic carbocycles. The molecule has 2 N–H and O–H groups in total. The maximum absolute atomic E-state index is 12.7. The van der Waals surface area contributed by atoms with E-state index in [9.17, 15) is 4.79 Å². The van der Waals surface area contributed by atoms with Crippen molar-refractivity contribution in [2.24, 2.45) is 11.3 Å². The Morgan fingerprint density at radius 2 is 2.44 bits per heavy atom. The summed E-state index contributed by atoms with van der Waals surface area (Å²) in [5.74, 6) is 1.22. The first kappa shape index (κ1) is 15.7. The van der Waals surface area contributed by atoms with E-state index in [-0.39, 0.29) is 23.9 Å². The molecule has 0 unspecified atom stereocenters. The number of carbonyl (C=O) groups excluding carboxylic acids is 1. The summed E-state index contributed by atoms with van der Waals surface area (Å²) >= 11 is 6.91. The first-order valence-electron chi connectivity index (χ1n) is 8.79. The predicted octanol–water partition coefficient (Wildman–Crippen LogP) is 2.74. The van der Waals surface area contributed by atoms with Gasteiger partial charge in [0.05, 0.1) is 11.0 Å². The van der Waals surface area contributed by atoms with Crippen LogP contribution in [0, 0.1) is 16.1 Å². The van der Waals surface area contributed by atoms with E-state index in [1.54, 1.807) is 15.9 Å². The predicted molar refractivity (Wildman–Crippen MR) is 96.8 cm³/mol. The number of H-pyrrole nitrogens is 1. The number of hydrogen-bond acceptors (Lipinski definition) is 5. The topological polar surface area (TPSA) is 71.9 Å². The van der Waals surface area contributed by atoms with Crippen molar-refractivity contribution in [1.29, 1.82) is 0 Å². The summed E-state index contributed by atoms with van der Waals surface area (Å²) in [5.41, 5.74) is 0.200. The second-order valence-corrected chi connectivity index (χ2v) is 8.63. The molecule has 3 atom stereocenters. The molecule has 0 bridgehead atoms. The zero-order chi connectivity index (χ0) is 17.0. The first-order valence-corrected chi connectivity index (χ1v) is 10.1. The minimum atomic E-state index is 0.0110. The largest absolute Gasteiger partial charge is 0.377 e. The molecule has 8 heteroatoms. The van der Waals surface area contributed by atoms with Crippen LogP contribution >= 0.6 is 23.6 Å². The summed E-state index contributed by atoms with van der Waals surface area (Å²) in [4.78, 5) is 13.7. The second-order valence-electron chi connectivity index (χ2n) is 7.29. The molecule has 2 aromatic heterocycles. The third-order valence-electron chi connectivity index (χ3n) is 6.15. The van der Waals surface area contributed by atoms with Gasteiger partial charge in [-0.25, -0.2) is 0 Å². The van der Waals surface area contributed by atoms with Gasteiger partial charge in [0.15, 0.2) is 10.6 Å². The second kappa shape index (κ2) is 5.75. The number of aromatic amines is 1. The van der Waals surface area contributed by atoms with E-state index >= 15 is 0 Å². The molecule has 0 radical (unpaired) electrons. The van der Waals surface area contributed by atoms with Gasteiger partial charge >= 0.3 is 0 Å². The Balaban J connectivity index is 1.34. The molecular weight excluding hydrogens is 356 g/mol. The number of hydrogen-bond donors (Lipinski definition) is 2. The molecule has 1 amide bonds. The fourth-order valence-corrected chi connectivity index (χ4v) is 5.80. The van der Waals surface area contributed by atoms with Crippen molar-refractivity contribution in [1.82, 2.24) is 20.1 Å². The molecule has 1 aliphatic heterocycles. The van der Waals surface area contributed by atoms with Crippen LogP contribution in [-0.2, 0) is 16.1 Å². The number of rotatable bonds is 4. The molecule has 3 aliphatic rings. The van der Waals surface area contributed by atoms with Crippen LogP contribution in [-0.4, -0.2) is 39.4 Å². The van der Waals surface area contributed by atoms with Crippen LogP contribution in [0.15, 0.2) is 17.5 Å². The summed E-state index contributed by atoms with van der Waals surface area (Å²) in [6.07, 6.45) is 5.01. The molecule has 0 aromatic carbocycles. The molecule has 3 heterocycles. The Hall–Kier alpha value is -1.51. The SMILES string of the molecule is O=C(Cn1c(-c2cccs2)n[nH]c1=S)N[C@@H]1[C@@H]2CCO[C@H]2C12CCC2. The summed E-state index contributed by atoms with van der Waals surface area (Å²) in [6.45, 7) is 1.03. The van der Waals surface area contributed by atoms with Crippen molar-refractivity contribution in [3.8, 4) is 10.7 Å². The zero-order valence-corrected chi connectivity index (χ0v) is 15.4. The molecule has 5 rings (SSSR count). The van der Waals surface area contributed by atoms with Gasteiger partial charge in [0.25, 0.3) is 0 Å². The van der Waals surface area contributed by atoms with E-state index in [0.717, 1.165) is 23.7 Å². The van der Waals surface area contributed by atoms with E-state index in [2.05, 4.69) is 15.5 Å². The summed E-state index contributed by atoms with van der Waals surface area (Å²) < 4.78 is 8.19. The number of thiophene rings is 1. The van der Waals surface area contributed by atoms with Gasteiger partial charge in [0.1, 0.15) is 6.54 Å². The molecular formula is C17H20N4O2S2. The molecule has 6 nitrogen and oxygen atoms in total. The number of nitrogens with zero attached hydrogens (tertiary/aromatic N) is 2. The van der Waals surface area contributed by atoms with Gasteiger partial charge in [-0.1, -0.05) is 12.5 Å². The minimum absolute atomic E-state index is 0.0110. The van der Waals surface area contributed by atoms with E-state index in [0.29, 0.717) is 16.8 Å². The number of ether oxygens (including phenoxy) is 1. The van der Waals surface area contributed by atoms with E-state index < -0.39 is 0 Å². The number of carbonyl (C=O) groups is 1. The normalized spacial score (nSPS) is 29.0. The van der Waals surface area contributed by atoms with Crippen LogP contribution in [0.2, 0.25) is 0 Å². The van der Waals surface area contributed by atoms with Crippen molar-refractivity contribution in [2.45, 2.75) is 44.4 Å². The van der Waals surface area contributed by atoms with Gasteiger partial charge in [-0.15, -0.1) is 11.3 Å². The van der Waals surface area contributed by atoms with Gasteiger partial charge in [-0.2, -0.15) is 5.10 Å². The van der Waals surface area contributed by atoms with Crippen LogP contribution in [0.4, 0.5) is 0 Å². The van der Waals surface area contributed by atoms with Gasteiger partial charge in [-0.3, -0.25) is 14.5 Å². The van der Waals surface area contributed by atoms with Gasteiger partial charge in [0.2, 0.25) is 5.91 Å². The maximum Gasteiger partial charge on any atom is 0.240 e. The number of amides is 1. The lowest BCUT2D eigenvalue weighted by atomic mass is 9.46. The van der Waals surface area contributed by atoms with Crippen LogP contribution in [0.5, 0.6) is 0 Å². The summed E-state index contributed by atoms with van der Waals surface area (Å²) in [7, 11) is 0. The zero-order valence-electron chi connectivity index (χ0n) is 13.7. The van der Waals surface area contributed by atoms with Crippen LogP contribution in [0.1, 0.15) is 25.7 Å². The Morgan fingerprint density at radius 3 is 3.16 bits per heavy atom. The minimum Gasteiger partial charge on any atom is -0.377 e. The van der Waals surface area contributed by atoms with Gasteiger partial charge < -0.3 is 10.1 Å². The third kappa shape index (κ3) is 2.27. The average Bonchev–Trinajstić information content (AvgIpc) is 3.26. The Kier molecular flexibility index (Phi) is 3.62. The molecule has 1 saturated heterocycles. The van der Waals surface area contributed by atoms with Gasteiger partial charge in [-0.05, 0) is 42.9 Å². The lowest BCUT2D eigenvalue weighted by Crippen LogP contribution is -2.71.